The SMILES string of the molecule is CCOC(=O)Nc1cccc2c1nc(Cc1cccc(Cl)c1)n2C(=O)OCC. The average Bonchev–Trinajstić information content (AvgIpc) is 3.01. The summed E-state index contributed by atoms with van der Waals surface area (Å²) in [5.41, 5.74) is 2.35. The van der Waals surface area contributed by atoms with Gasteiger partial charge in [-0.15, -0.1) is 0 Å². The first-order chi connectivity index (χ1) is 13.5. The maximum Gasteiger partial charge on any atom is 0.419 e. The third-order valence-corrected chi connectivity index (χ3v) is 4.20. The highest BCUT2D eigenvalue weighted by Crippen LogP contribution is 2.26. The Labute approximate surface area is 167 Å². The van der Waals surface area contributed by atoms with Crippen LogP contribution < -0.4 is 5.32 Å². The molecule has 146 valence electrons. The van der Waals surface area contributed by atoms with Crippen molar-refractivity contribution in [2.45, 2.75) is 20.3 Å². The molecule has 3 rings (SSSR count). The number of imidazole rings is 1. The minimum atomic E-state index is -0.586. The van der Waals surface area contributed by atoms with Crippen molar-refractivity contribution in [2.24, 2.45) is 0 Å². The molecule has 1 N–H and O–H groups in total. The lowest BCUT2D eigenvalue weighted by Crippen LogP contribution is -2.17. The number of hydrogen-bond acceptors (Lipinski definition) is 5. The van der Waals surface area contributed by atoms with E-state index in [0.717, 1.165) is 5.56 Å². The Balaban J connectivity index is 2.09. The van der Waals surface area contributed by atoms with E-state index in [2.05, 4.69) is 10.3 Å². The standard InChI is InChI=1S/C20H20ClN3O4/c1-3-27-19(25)22-15-9-6-10-16-18(15)23-17(24(16)20(26)28-4-2)12-13-7-5-8-14(21)11-13/h5-11H,3-4,12H2,1-2H3,(H,22,25). The van der Waals surface area contributed by atoms with Gasteiger partial charge < -0.3 is 9.47 Å². The van der Waals surface area contributed by atoms with Gasteiger partial charge in [0.15, 0.2) is 0 Å². The van der Waals surface area contributed by atoms with Crippen molar-refractivity contribution in [3.63, 3.8) is 0 Å². The van der Waals surface area contributed by atoms with Crippen LogP contribution in [0.15, 0.2) is 42.5 Å². The molecule has 0 radical (unpaired) electrons. The maximum absolute atomic E-state index is 12.6. The number of amides is 1. The second kappa shape index (κ2) is 8.75. The van der Waals surface area contributed by atoms with Crippen molar-refractivity contribution in [3.8, 4) is 0 Å². The van der Waals surface area contributed by atoms with Crippen LogP contribution in [-0.2, 0) is 15.9 Å². The summed E-state index contributed by atoms with van der Waals surface area (Å²) < 4.78 is 11.6. The molecule has 0 fully saturated rings. The number of nitrogens with one attached hydrogen (secondary N) is 1. The van der Waals surface area contributed by atoms with Crippen LogP contribution in [0.1, 0.15) is 25.2 Å². The van der Waals surface area contributed by atoms with Crippen LogP contribution in [-0.4, -0.2) is 35.0 Å². The average molecular weight is 402 g/mol. The van der Waals surface area contributed by atoms with Gasteiger partial charge in [-0.25, -0.2) is 19.1 Å². The first kappa shape index (κ1) is 19.7. The third-order valence-electron chi connectivity index (χ3n) is 3.97. The zero-order valence-corrected chi connectivity index (χ0v) is 16.3. The summed E-state index contributed by atoms with van der Waals surface area (Å²) in [5.74, 6) is 0.480. The molecule has 0 atom stereocenters. The number of nitrogens with zero attached hydrogens (tertiary/aromatic N) is 2. The molecule has 0 aliphatic heterocycles. The van der Waals surface area contributed by atoms with E-state index >= 15 is 0 Å². The summed E-state index contributed by atoms with van der Waals surface area (Å²) in [6, 6.07) is 12.5. The molecular formula is C20H20ClN3O4. The molecule has 1 amide bonds. The van der Waals surface area contributed by atoms with Crippen LogP contribution in [0, 0.1) is 0 Å². The van der Waals surface area contributed by atoms with E-state index in [1.54, 1.807) is 38.1 Å². The van der Waals surface area contributed by atoms with Gasteiger partial charge in [0.05, 0.1) is 24.4 Å². The Kier molecular flexibility index (Phi) is 6.16. The monoisotopic (exact) mass is 401 g/mol. The van der Waals surface area contributed by atoms with Gasteiger partial charge in [0.1, 0.15) is 11.3 Å². The molecule has 28 heavy (non-hydrogen) atoms. The highest BCUT2D eigenvalue weighted by atomic mass is 35.5. The molecule has 3 aromatic rings. The molecule has 0 aliphatic rings. The second-order valence-corrected chi connectivity index (χ2v) is 6.32. The van der Waals surface area contributed by atoms with Gasteiger partial charge in [0, 0.05) is 11.4 Å². The van der Waals surface area contributed by atoms with Gasteiger partial charge in [0.25, 0.3) is 0 Å². The summed E-state index contributed by atoms with van der Waals surface area (Å²) in [5, 5.41) is 3.26. The second-order valence-electron chi connectivity index (χ2n) is 5.89. The molecule has 7 nitrogen and oxygen atoms in total. The minimum Gasteiger partial charge on any atom is -0.450 e. The van der Waals surface area contributed by atoms with Gasteiger partial charge >= 0.3 is 12.2 Å². The lowest BCUT2D eigenvalue weighted by atomic mass is 10.1. The lowest BCUT2D eigenvalue weighted by Gasteiger charge is -2.08. The molecule has 0 aliphatic carbocycles. The number of ether oxygens (including phenoxy) is 2. The fraction of sp³-hybridized carbons (Fsp3) is 0.250. The molecule has 2 aromatic carbocycles. The largest absolute Gasteiger partial charge is 0.450 e. The Hall–Kier alpha value is -3.06. The maximum atomic E-state index is 12.6. The van der Waals surface area contributed by atoms with E-state index in [1.165, 1.54) is 4.57 Å². The van der Waals surface area contributed by atoms with Crippen LogP contribution in [0.2, 0.25) is 5.02 Å². The molecular weight excluding hydrogens is 382 g/mol. The fourth-order valence-electron chi connectivity index (χ4n) is 2.87. The number of fused-ring (bicyclic) bond motifs is 1. The first-order valence-corrected chi connectivity index (χ1v) is 9.27. The Bertz CT molecular complexity index is 1020. The van der Waals surface area contributed by atoms with E-state index in [0.29, 0.717) is 34.0 Å². The number of anilines is 1. The van der Waals surface area contributed by atoms with Crippen LogP contribution in [0.5, 0.6) is 0 Å². The Morgan fingerprint density at radius 2 is 1.86 bits per heavy atom. The first-order valence-electron chi connectivity index (χ1n) is 8.89. The number of aromatic nitrogens is 2. The van der Waals surface area contributed by atoms with Crippen LogP contribution in [0.3, 0.4) is 0 Å². The van der Waals surface area contributed by atoms with Gasteiger partial charge in [-0.2, -0.15) is 0 Å². The number of benzene rings is 2. The summed E-state index contributed by atoms with van der Waals surface area (Å²) in [4.78, 5) is 29.0. The number of carbonyl (C=O) groups excluding carboxylic acids is 2. The number of para-hydroxylation sites is 1. The van der Waals surface area contributed by atoms with Crippen molar-refractivity contribution < 1.29 is 19.1 Å². The summed E-state index contributed by atoms with van der Waals surface area (Å²) >= 11 is 6.07. The molecule has 0 bridgehead atoms. The minimum absolute atomic E-state index is 0.232. The smallest absolute Gasteiger partial charge is 0.419 e. The van der Waals surface area contributed by atoms with E-state index in [9.17, 15) is 9.59 Å². The van der Waals surface area contributed by atoms with E-state index in [1.807, 2.05) is 18.2 Å². The van der Waals surface area contributed by atoms with Gasteiger partial charge in [0.2, 0.25) is 0 Å². The highest BCUT2D eigenvalue weighted by molar-refractivity contribution is 6.30. The number of rotatable bonds is 5. The van der Waals surface area contributed by atoms with Crippen LogP contribution >= 0.6 is 11.6 Å². The molecule has 1 aromatic heterocycles. The van der Waals surface area contributed by atoms with Gasteiger partial charge in [-0.3, -0.25) is 5.32 Å². The fourth-order valence-corrected chi connectivity index (χ4v) is 3.08. The zero-order chi connectivity index (χ0) is 20.1. The Morgan fingerprint density at radius 3 is 2.57 bits per heavy atom. The number of hydrogen-bond donors (Lipinski definition) is 1. The predicted molar refractivity (Wildman–Crippen MR) is 107 cm³/mol. The molecule has 8 heteroatoms. The van der Waals surface area contributed by atoms with Crippen molar-refractivity contribution in [3.05, 3.63) is 58.9 Å². The van der Waals surface area contributed by atoms with Crippen molar-refractivity contribution >= 4 is 40.5 Å². The normalized spacial score (nSPS) is 10.7. The van der Waals surface area contributed by atoms with E-state index in [4.69, 9.17) is 21.1 Å². The van der Waals surface area contributed by atoms with Crippen molar-refractivity contribution in [1.82, 2.24) is 9.55 Å². The number of carbonyl (C=O) groups is 2. The van der Waals surface area contributed by atoms with Gasteiger partial charge in [-0.05, 0) is 43.7 Å². The molecule has 0 saturated carbocycles. The number of halogens is 1. The topological polar surface area (TPSA) is 82.5 Å². The molecule has 0 spiro atoms. The predicted octanol–water partition coefficient (Wildman–Crippen LogP) is 4.85. The third kappa shape index (κ3) is 4.26. The van der Waals surface area contributed by atoms with E-state index < -0.39 is 12.2 Å². The van der Waals surface area contributed by atoms with Gasteiger partial charge in [-0.1, -0.05) is 29.8 Å². The zero-order valence-electron chi connectivity index (χ0n) is 15.6. The van der Waals surface area contributed by atoms with Crippen molar-refractivity contribution in [2.75, 3.05) is 18.5 Å². The highest BCUT2D eigenvalue weighted by Gasteiger charge is 2.20. The van der Waals surface area contributed by atoms with Crippen LogP contribution in [0.25, 0.3) is 11.0 Å². The van der Waals surface area contributed by atoms with E-state index in [-0.39, 0.29) is 13.2 Å². The van der Waals surface area contributed by atoms with Crippen molar-refractivity contribution in [1.29, 1.82) is 0 Å². The van der Waals surface area contributed by atoms with Crippen LogP contribution in [0.4, 0.5) is 15.3 Å². The lowest BCUT2D eigenvalue weighted by molar-refractivity contribution is 0.154. The quantitative estimate of drug-likeness (QED) is 0.660. The molecule has 1 heterocycles. The summed E-state index contributed by atoms with van der Waals surface area (Å²) in [6.45, 7) is 3.94. The molecule has 0 unspecified atom stereocenters. The molecule has 0 saturated heterocycles. The Morgan fingerprint density at radius 1 is 1.11 bits per heavy atom. The summed E-state index contributed by atoms with van der Waals surface area (Å²) in [7, 11) is 0. The summed E-state index contributed by atoms with van der Waals surface area (Å²) in [6.07, 6.45) is -0.750.